The minimum Gasteiger partial charge on any atom is -0.476 e. The van der Waals surface area contributed by atoms with Crippen molar-refractivity contribution in [2.75, 3.05) is 5.73 Å². The van der Waals surface area contributed by atoms with E-state index < -0.39 is 11.8 Å². The standard InChI is InChI=1S/C11H10FN3O2/c1-6-4-10(11(16)17)14-15(6)7-2-3-9(13)8(12)5-7/h2-5H,13H2,1H3,(H,16,17). The van der Waals surface area contributed by atoms with E-state index in [9.17, 15) is 9.18 Å². The van der Waals surface area contributed by atoms with Crippen molar-refractivity contribution in [2.45, 2.75) is 6.92 Å². The van der Waals surface area contributed by atoms with Gasteiger partial charge in [0.15, 0.2) is 5.69 Å². The zero-order valence-corrected chi connectivity index (χ0v) is 9.01. The van der Waals surface area contributed by atoms with Gasteiger partial charge < -0.3 is 10.8 Å². The van der Waals surface area contributed by atoms with Gasteiger partial charge in [-0.3, -0.25) is 0 Å². The van der Waals surface area contributed by atoms with Crippen molar-refractivity contribution in [1.29, 1.82) is 0 Å². The number of hydrogen-bond acceptors (Lipinski definition) is 3. The Hall–Kier alpha value is -2.37. The lowest BCUT2D eigenvalue weighted by Gasteiger charge is -2.05. The fourth-order valence-electron chi connectivity index (χ4n) is 1.49. The van der Waals surface area contributed by atoms with Crippen LogP contribution in [-0.2, 0) is 0 Å². The number of carboxylic acids is 1. The monoisotopic (exact) mass is 235 g/mol. The van der Waals surface area contributed by atoms with E-state index in [1.54, 1.807) is 13.0 Å². The van der Waals surface area contributed by atoms with Gasteiger partial charge in [0.1, 0.15) is 5.82 Å². The molecule has 0 spiro atoms. The van der Waals surface area contributed by atoms with E-state index >= 15 is 0 Å². The highest BCUT2D eigenvalue weighted by molar-refractivity contribution is 5.85. The van der Waals surface area contributed by atoms with E-state index in [-0.39, 0.29) is 11.4 Å². The van der Waals surface area contributed by atoms with Gasteiger partial charge in [-0.1, -0.05) is 0 Å². The topological polar surface area (TPSA) is 81.1 Å². The van der Waals surface area contributed by atoms with Crippen molar-refractivity contribution in [1.82, 2.24) is 9.78 Å². The molecule has 0 fully saturated rings. The van der Waals surface area contributed by atoms with E-state index in [0.717, 1.165) is 0 Å². The predicted octanol–water partition coefficient (Wildman–Crippen LogP) is 1.60. The Morgan fingerprint density at radius 2 is 2.18 bits per heavy atom. The molecule has 2 aromatic rings. The molecule has 0 amide bonds. The molecular formula is C11H10FN3O2. The van der Waals surface area contributed by atoms with Crippen LogP contribution in [0.25, 0.3) is 5.69 Å². The molecule has 0 aliphatic rings. The molecule has 0 saturated heterocycles. The van der Waals surface area contributed by atoms with Crippen LogP contribution in [-0.4, -0.2) is 20.9 Å². The maximum absolute atomic E-state index is 13.3. The highest BCUT2D eigenvalue weighted by Crippen LogP contribution is 2.17. The predicted molar refractivity (Wildman–Crippen MR) is 59.6 cm³/mol. The highest BCUT2D eigenvalue weighted by atomic mass is 19.1. The molecule has 0 aliphatic carbocycles. The number of aromatic carboxylic acids is 1. The van der Waals surface area contributed by atoms with Gasteiger partial charge in [-0.05, 0) is 25.1 Å². The number of hydrogen-bond donors (Lipinski definition) is 2. The SMILES string of the molecule is Cc1cc(C(=O)O)nn1-c1ccc(N)c(F)c1. The van der Waals surface area contributed by atoms with Crippen molar-refractivity contribution in [3.05, 3.63) is 41.5 Å². The maximum Gasteiger partial charge on any atom is 0.356 e. The van der Waals surface area contributed by atoms with Crippen LogP contribution in [0.15, 0.2) is 24.3 Å². The summed E-state index contributed by atoms with van der Waals surface area (Å²) in [6.07, 6.45) is 0. The Morgan fingerprint density at radius 3 is 2.71 bits per heavy atom. The number of nitrogens with two attached hydrogens (primary N) is 1. The molecule has 1 aromatic carbocycles. The number of benzene rings is 1. The second-order valence-corrected chi connectivity index (χ2v) is 3.59. The van der Waals surface area contributed by atoms with Gasteiger partial charge in [0.2, 0.25) is 0 Å². The van der Waals surface area contributed by atoms with Crippen LogP contribution in [0.3, 0.4) is 0 Å². The van der Waals surface area contributed by atoms with Gasteiger partial charge in [0, 0.05) is 11.8 Å². The highest BCUT2D eigenvalue weighted by Gasteiger charge is 2.12. The largest absolute Gasteiger partial charge is 0.476 e. The number of nitrogen functional groups attached to an aromatic ring is 1. The van der Waals surface area contributed by atoms with Crippen molar-refractivity contribution in [3.8, 4) is 5.69 Å². The molecule has 0 unspecified atom stereocenters. The number of rotatable bonds is 2. The van der Waals surface area contributed by atoms with Gasteiger partial charge in [-0.15, -0.1) is 0 Å². The molecule has 2 rings (SSSR count). The first-order valence-corrected chi connectivity index (χ1v) is 4.84. The number of anilines is 1. The van der Waals surface area contributed by atoms with E-state index in [1.165, 1.54) is 22.9 Å². The zero-order chi connectivity index (χ0) is 12.6. The van der Waals surface area contributed by atoms with Crippen LogP contribution >= 0.6 is 0 Å². The summed E-state index contributed by atoms with van der Waals surface area (Å²) in [5, 5.41) is 12.7. The molecule has 0 atom stereocenters. The number of nitrogens with zero attached hydrogens (tertiary/aromatic N) is 2. The van der Waals surface area contributed by atoms with Crippen LogP contribution in [0.5, 0.6) is 0 Å². The summed E-state index contributed by atoms with van der Waals surface area (Å²) < 4.78 is 14.6. The second-order valence-electron chi connectivity index (χ2n) is 3.59. The van der Waals surface area contributed by atoms with Crippen LogP contribution in [0.2, 0.25) is 0 Å². The Bertz CT molecular complexity index is 592. The van der Waals surface area contributed by atoms with Crippen LogP contribution in [0.4, 0.5) is 10.1 Å². The Morgan fingerprint density at radius 1 is 1.47 bits per heavy atom. The van der Waals surface area contributed by atoms with E-state index in [1.807, 2.05) is 0 Å². The fourth-order valence-corrected chi connectivity index (χ4v) is 1.49. The number of carbonyl (C=O) groups is 1. The van der Waals surface area contributed by atoms with Gasteiger partial charge in [0.05, 0.1) is 11.4 Å². The maximum atomic E-state index is 13.3. The Labute approximate surface area is 96.3 Å². The lowest BCUT2D eigenvalue weighted by molar-refractivity contribution is 0.0690. The Kier molecular flexibility index (Phi) is 2.55. The first kappa shape index (κ1) is 11.1. The number of halogens is 1. The Balaban J connectivity index is 2.52. The molecule has 88 valence electrons. The third kappa shape index (κ3) is 1.96. The molecule has 0 saturated carbocycles. The summed E-state index contributed by atoms with van der Waals surface area (Å²) in [7, 11) is 0. The molecule has 5 nitrogen and oxygen atoms in total. The lowest BCUT2D eigenvalue weighted by atomic mass is 10.2. The minimum absolute atomic E-state index is 0.0389. The molecule has 1 heterocycles. The molecular weight excluding hydrogens is 225 g/mol. The van der Waals surface area contributed by atoms with Crippen LogP contribution < -0.4 is 5.73 Å². The zero-order valence-electron chi connectivity index (χ0n) is 9.01. The fraction of sp³-hybridized carbons (Fsp3) is 0.0909. The summed E-state index contributed by atoms with van der Waals surface area (Å²) in [5.41, 5.74) is 6.35. The quantitative estimate of drug-likeness (QED) is 0.774. The summed E-state index contributed by atoms with van der Waals surface area (Å²) in [6.45, 7) is 1.69. The average Bonchev–Trinajstić information content (AvgIpc) is 2.65. The number of carboxylic acid groups (broad SMARTS) is 1. The molecule has 1 aromatic heterocycles. The third-order valence-corrected chi connectivity index (χ3v) is 2.34. The van der Waals surface area contributed by atoms with Gasteiger partial charge >= 0.3 is 5.97 Å². The first-order chi connectivity index (χ1) is 7.99. The van der Waals surface area contributed by atoms with Crippen molar-refractivity contribution >= 4 is 11.7 Å². The first-order valence-electron chi connectivity index (χ1n) is 4.84. The van der Waals surface area contributed by atoms with Crippen LogP contribution in [0.1, 0.15) is 16.2 Å². The van der Waals surface area contributed by atoms with Crippen molar-refractivity contribution in [2.24, 2.45) is 0 Å². The smallest absolute Gasteiger partial charge is 0.356 e. The van der Waals surface area contributed by atoms with Gasteiger partial charge in [-0.2, -0.15) is 5.10 Å². The van der Waals surface area contributed by atoms with Crippen molar-refractivity contribution < 1.29 is 14.3 Å². The minimum atomic E-state index is -1.12. The molecule has 17 heavy (non-hydrogen) atoms. The summed E-state index contributed by atoms with van der Waals surface area (Å²) in [4.78, 5) is 10.7. The number of aryl methyl sites for hydroxylation is 1. The second kappa shape index (κ2) is 3.89. The van der Waals surface area contributed by atoms with Gasteiger partial charge in [-0.25, -0.2) is 13.9 Å². The summed E-state index contributed by atoms with van der Waals surface area (Å²) in [5.74, 6) is -1.68. The summed E-state index contributed by atoms with van der Waals surface area (Å²) in [6, 6.07) is 5.60. The van der Waals surface area contributed by atoms with Crippen LogP contribution in [0, 0.1) is 12.7 Å². The molecule has 0 aliphatic heterocycles. The molecule has 6 heteroatoms. The average molecular weight is 235 g/mol. The summed E-state index contributed by atoms with van der Waals surface area (Å²) >= 11 is 0. The number of aromatic nitrogens is 2. The molecule has 0 radical (unpaired) electrons. The van der Waals surface area contributed by atoms with E-state index in [4.69, 9.17) is 10.8 Å². The third-order valence-electron chi connectivity index (χ3n) is 2.34. The lowest BCUT2D eigenvalue weighted by Crippen LogP contribution is -2.03. The van der Waals surface area contributed by atoms with E-state index in [2.05, 4.69) is 5.10 Å². The van der Waals surface area contributed by atoms with Crippen molar-refractivity contribution in [3.63, 3.8) is 0 Å². The normalized spacial score (nSPS) is 10.5. The van der Waals surface area contributed by atoms with Gasteiger partial charge in [0.25, 0.3) is 0 Å². The molecule has 3 N–H and O–H groups in total. The van der Waals surface area contributed by atoms with E-state index in [0.29, 0.717) is 11.4 Å². The molecule has 0 bridgehead atoms.